The van der Waals surface area contributed by atoms with E-state index in [2.05, 4.69) is 10.3 Å². The van der Waals surface area contributed by atoms with Gasteiger partial charge in [0.05, 0.1) is 6.54 Å². The first kappa shape index (κ1) is 9.59. The lowest BCUT2D eigenvalue weighted by atomic mass is 10.2. The summed E-state index contributed by atoms with van der Waals surface area (Å²) in [7, 11) is 0. The molecule has 0 amide bonds. The Hall–Kier alpha value is -0.960. The van der Waals surface area contributed by atoms with Gasteiger partial charge in [-0.15, -0.1) is 11.6 Å². The van der Waals surface area contributed by atoms with Crippen LogP contribution in [-0.2, 0) is 6.42 Å². The van der Waals surface area contributed by atoms with Crippen molar-refractivity contribution >= 4 is 17.4 Å². The molecule has 0 spiro atoms. The number of hydrogen-bond donors (Lipinski definition) is 1. The Morgan fingerprint density at radius 3 is 3.29 bits per heavy atom. The summed E-state index contributed by atoms with van der Waals surface area (Å²) in [5, 5.41) is 3.21. The minimum atomic E-state index is 0.683. The van der Waals surface area contributed by atoms with Gasteiger partial charge in [0, 0.05) is 11.6 Å². The Labute approximate surface area is 88.4 Å². The molecule has 0 unspecified atom stereocenters. The van der Waals surface area contributed by atoms with E-state index in [-0.39, 0.29) is 0 Å². The van der Waals surface area contributed by atoms with Crippen molar-refractivity contribution in [3.05, 3.63) is 17.8 Å². The minimum Gasteiger partial charge on any atom is -0.488 e. The molecule has 2 heterocycles. The van der Waals surface area contributed by atoms with Crippen molar-refractivity contribution in [2.24, 2.45) is 0 Å². The monoisotopic (exact) mass is 212 g/mol. The Morgan fingerprint density at radius 2 is 2.43 bits per heavy atom. The van der Waals surface area contributed by atoms with Crippen LogP contribution in [0.3, 0.4) is 0 Å². The first-order valence-corrected chi connectivity index (χ1v) is 5.36. The second-order valence-electron chi connectivity index (χ2n) is 3.22. The molecule has 0 radical (unpaired) electrons. The molecule has 3 nitrogen and oxygen atoms in total. The fourth-order valence-corrected chi connectivity index (χ4v) is 1.58. The highest BCUT2D eigenvalue weighted by Gasteiger charge is 2.10. The number of rotatable bonds is 3. The second kappa shape index (κ2) is 4.51. The van der Waals surface area contributed by atoms with Gasteiger partial charge >= 0.3 is 0 Å². The van der Waals surface area contributed by atoms with E-state index in [0.29, 0.717) is 5.88 Å². The van der Waals surface area contributed by atoms with E-state index in [0.717, 1.165) is 43.3 Å². The van der Waals surface area contributed by atoms with E-state index in [4.69, 9.17) is 16.3 Å². The predicted octanol–water partition coefficient (Wildman–Crippen LogP) is 2.06. The van der Waals surface area contributed by atoms with Crippen LogP contribution in [-0.4, -0.2) is 24.0 Å². The number of nitrogens with zero attached hydrogens (tertiary/aromatic N) is 1. The fraction of sp³-hybridized carbons (Fsp3) is 0.500. The summed E-state index contributed by atoms with van der Waals surface area (Å²) in [5.41, 5.74) is 1.07. The van der Waals surface area contributed by atoms with Crippen LogP contribution in [0.2, 0.25) is 0 Å². The Kier molecular flexibility index (Phi) is 3.09. The summed E-state index contributed by atoms with van der Waals surface area (Å²) in [4.78, 5) is 4.46. The van der Waals surface area contributed by atoms with Crippen LogP contribution in [0, 0.1) is 0 Å². The van der Waals surface area contributed by atoms with E-state index in [1.54, 1.807) is 0 Å². The summed E-state index contributed by atoms with van der Waals surface area (Å²) in [6, 6.07) is 3.97. The van der Waals surface area contributed by atoms with Crippen LogP contribution in [0.1, 0.15) is 12.1 Å². The average molecular weight is 213 g/mol. The molecule has 0 bridgehead atoms. The van der Waals surface area contributed by atoms with Crippen molar-refractivity contribution in [3.63, 3.8) is 0 Å². The van der Waals surface area contributed by atoms with E-state index < -0.39 is 0 Å². The highest BCUT2D eigenvalue weighted by Crippen LogP contribution is 2.24. The lowest BCUT2D eigenvalue weighted by molar-refractivity contribution is 0.321. The molecule has 14 heavy (non-hydrogen) atoms. The van der Waals surface area contributed by atoms with Gasteiger partial charge in [0.2, 0.25) is 0 Å². The van der Waals surface area contributed by atoms with E-state index in [9.17, 15) is 0 Å². The Bertz CT molecular complexity index is 317. The van der Waals surface area contributed by atoms with Crippen LogP contribution in [0.5, 0.6) is 5.75 Å². The third-order valence-electron chi connectivity index (χ3n) is 2.13. The molecule has 0 aromatic carbocycles. The SMILES string of the molecule is ClCCCc1ccc2c(n1)NCCO2. The highest BCUT2D eigenvalue weighted by molar-refractivity contribution is 6.17. The summed E-state index contributed by atoms with van der Waals surface area (Å²) >= 11 is 5.63. The van der Waals surface area contributed by atoms with Gasteiger partial charge in [-0.1, -0.05) is 0 Å². The first-order chi connectivity index (χ1) is 6.90. The summed E-state index contributed by atoms with van der Waals surface area (Å²) < 4.78 is 5.43. The van der Waals surface area contributed by atoms with Crippen molar-refractivity contribution in [1.29, 1.82) is 0 Å². The van der Waals surface area contributed by atoms with E-state index in [1.165, 1.54) is 0 Å². The zero-order valence-electron chi connectivity index (χ0n) is 7.92. The van der Waals surface area contributed by atoms with Crippen LogP contribution in [0.15, 0.2) is 12.1 Å². The number of halogens is 1. The second-order valence-corrected chi connectivity index (χ2v) is 3.60. The van der Waals surface area contributed by atoms with Crippen LogP contribution >= 0.6 is 11.6 Å². The Morgan fingerprint density at radius 1 is 1.50 bits per heavy atom. The molecule has 1 aliphatic heterocycles. The molecule has 1 aromatic heterocycles. The van der Waals surface area contributed by atoms with Crippen molar-refractivity contribution in [2.45, 2.75) is 12.8 Å². The molecular weight excluding hydrogens is 200 g/mol. The van der Waals surface area contributed by atoms with Gasteiger partial charge in [-0.3, -0.25) is 0 Å². The van der Waals surface area contributed by atoms with Gasteiger partial charge in [-0.25, -0.2) is 4.98 Å². The molecular formula is C10H13ClN2O. The lowest BCUT2D eigenvalue weighted by Gasteiger charge is -2.18. The van der Waals surface area contributed by atoms with Crippen LogP contribution in [0.25, 0.3) is 0 Å². The number of fused-ring (bicyclic) bond motifs is 1. The molecule has 2 rings (SSSR count). The standard InChI is InChI=1S/C10H13ClN2O/c11-5-1-2-8-3-4-9-10(13-8)12-6-7-14-9/h3-4H,1-2,5-7H2,(H,12,13). The molecule has 0 saturated heterocycles. The van der Waals surface area contributed by atoms with E-state index in [1.807, 2.05) is 12.1 Å². The maximum Gasteiger partial charge on any atom is 0.169 e. The molecule has 1 N–H and O–H groups in total. The molecule has 76 valence electrons. The van der Waals surface area contributed by atoms with E-state index >= 15 is 0 Å². The molecule has 0 aliphatic carbocycles. The molecule has 0 saturated carbocycles. The summed E-state index contributed by atoms with van der Waals surface area (Å²) in [5.74, 6) is 2.40. The first-order valence-electron chi connectivity index (χ1n) is 4.83. The third kappa shape index (κ3) is 2.10. The molecule has 0 fully saturated rings. The smallest absolute Gasteiger partial charge is 0.169 e. The number of anilines is 1. The highest BCUT2D eigenvalue weighted by atomic mass is 35.5. The van der Waals surface area contributed by atoms with Crippen molar-refractivity contribution in [3.8, 4) is 5.75 Å². The zero-order valence-corrected chi connectivity index (χ0v) is 8.68. The molecule has 1 aliphatic rings. The quantitative estimate of drug-likeness (QED) is 0.779. The molecule has 4 heteroatoms. The third-order valence-corrected chi connectivity index (χ3v) is 2.40. The predicted molar refractivity (Wildman–Crippen MR) is 57.3 cm³/mol. The fourth-order valence-electron chi connectivity index (χ4n) is 1.45. The number of alkyl halides is 1. The molecule has 1 aromatic rings. The van der Waals surface area contributed by atoms with Crippen LogP contribution in [0.4, 0.5) is 5.82 Å². The number of aromatic nitrogens is 1. The average Bonchev–Trinajstić information content (AvgIpc) is 2.26. The minimum absolute atomic E-state index is 0.683. The molecule has 0 atom stereocenters. The van der Waals surface area contributed by atoms with Crippen molar-refractivity contribution in [1.82, 2.24) is 4.98 Å². The largest absolute Gasteiger partial charge is 0.488 e. The van der Waals surface area contributed by atoms with Gasteiger partial charge in [-0.05, 0) is 25.0 Å². The summed E-state index contributed by atoms with van der Waals surface area (Å²) in [6.07, 6.45) is 1.90. The number of aryl methyl sites for hydroxylation is 1. The number of nitrogens with one attached hydrogen (secondary N) is 1. The van der Waals surface area contributed by atoms with Gasteiger partial charge in [0.1, 0.15) is 6.61 Å². The lowest BCUT2D eigenvalue weighted by Crippen LogP contribution is -2.19. The number of pyridine rings is 1. The topological polar surface area (TPSA) is 34.2 Å². The van der Waals surface area contributed by atoms with Gasteiger partial charge in [0.25, 0.3) is 0 Å². The van der Waals surface area contributed by atoms with Gasteiger partial charge in [0.15, 0.2) is 11.6 Å². The summed E-state index contributed by atoms with van der Waals surface area (Å²) in [6.45, 7) is 1.55. The number of ether oxygens (including phenoxy) is 1. The van der Waals surface area contributed by atoms with Crippen molar-refractivity contribution in [2.75, 3.05) is 24.3 Å². The zero-order chi connectivity index (χ0) is 9.80. The normalized spacial score (nSPS) is 14.1. The van der Waals surface area contributed by atoms with Crippen molar-refractivity contribution < 1.29 is 4.74 Å². The van der Waals surface area contributed by atoms with Gasteiger partial charge < -0.3 is 10.1 Å². The maximum absolute atomic E-state index is 5.63. The van der Waals surface area contributed by atoms with Crippen LogP contribution < -0.4 is 10.1 Å². The number of hydrogen-bond acceptors (Lipinski definition) is 3. The maximum atomic E-state index is 5.63. The Balaban J connectivity index is 2.12. The van der Waals surface area contributed by atoms with Gasteiger partial charge in [-0.2, -0.15) is 0 Å².